The maximum Gasteiger partial charge on any atom is 0.257 e. The minimum absolute atomic E-state index is 0.272. The molecular weight excluding hydrogens is 306 g/mol. The number of hydrogen-bond donors (Lipinski definition) is 2. The second-order valence-corrected chi connectivity index (χ2v) is 5.23. The predicted molar refractivity (Wildman–Crippen MR) is 67.4 cm³/mol. The summed E-state index contributed by atoms with van der Waals surface area (Å²) in [5, 5.41) is 5.73. The summed E-state index contributed by atoms with van der Waals surface area (Å²) in [6.45, 7) is 2.17. The van der Waals surface area contributed by atoms with Crippen molar-refractivity contribution in [2.75, 3.05) is 19.6 Å². The Bertz CT molecular complexity index is 438. The first kappa shape index (κ1) is 13.4. The van der Waals surface area contributed by atoms with Crippen molar-refractivity contribution in [1.29, 1.82) is 0 Å². The Kier molecular flexibility index (Phi) is 4.29. The smallest absolute Gasteiger partial charge is 0.257 e. The van der Waals surface area contributed by atoms with Gasteiger partial charge in [0.05, 0.1) is 0 Å². The normalized spacial score (nSPS) is 18.9. The Labute approximate surface area is 112 Å². The first-order valence-electron chi connectivity index (χ1n) is 5.71. The molecule has 3 nitrogen and oxygen atoms in total. The lowest BCUT2D eigenvalue weighted by molar-refractivity contribution is 0.0939. The van der Waals surface area contributed by atoms with E-state index in [1.807, 2.05) is 0 Å². The van der Waals surface area contributed by atoms with Crippen LogP contribution in [0.25, 0.3) is 0 Å². The molecule has 0 aromatic heterocycles. The molecule has 6 heteroatoms. The fourth-order valence-electron chi connectivity index (χ4n) is 1.97. The zero-order valence-electron chi connectivity index (χ0n) is 9.60. The van der Waals surface area contributed by atoms with Gasteiger partial charge in [-0.15, -0.1) is 0 Å². The van der Waals surface area contributed by atoms with Crippen LogP contribution in [-0.2, 0) is 0 Å². The monoisotopic (exact) mass is 318 g/mol. The van der Waals surface area contributed by atoms with Crippen molar-refractivity contribution < 1.29 is 13.6 Å². The van der Waals surface area contributed by atoms with Crippen molar-refractivity contribution >= 4 is 21.8 Å². The Balaban J connectivity index is 2.04. The zero-order chi connectivity index (χ0) is 13.1. The molecule has 1 aromatic carbocycles. The molecule has 2 N–H and O–H groups in total. The Morgan fingerprint density at radius 1 is 1.44 bits per heavy atom. The van der Waals surface area contributed by atoms with Crippen LogP contribution < -0.4 is 10.6 Å². The summed E-state index contributed by atoms with van der Waals surface area (Å²) >= 11 is 2.97. The summed E-state index contributed by atoms with van der Waals surface area (Å²) in [4.78, 5) is 11.7. The maximum absolute atomic E-state index is 13.5. The fraction of sp³-hybridized carbons (Fsp3) is 0.417. The summed E-state index contributed by atoms with van der Waals surface area (Å²) in [6.07, 6.45) is 0.964. The topological polar surface area (TPSA) is 41.1 Å². The van der Waals surface area contributed by atoms with Gasteiger partial charge in [-0.25, -0.2) is 8.78 Å². The van der Waals surface area contributed by atoms with Crippen LogP contribution in [0.1, 0.15) is 16.8 Å². The molecule has 1 unspecified atom stereocenters. The van der Waals surface area contributed by atoms with E-state index in [1.165, 1.54) is 0 Å². The van der Waals surface area contributed by atoms with Crippen LogP contribution >= 0.6 is 15.9 Å². The van der Waals surface area contributed by atoms with Gasteiger partial charge in [0.1, 0.15) is 17.2 Å². The SMILES string of the molecule is O=C(NCC1CCNC1)c1c(F)cc(Br)cc1F. The van der Waals surface area contributed by atoms with Crippen molar-refractivity contribution in [3.8, 4) is 0 Å². The predicted octanol–water partition coefficient (Wildman–Crippen LogP) is 2.07. The van der Waals surface area contributed by atoms with Crippen LogP contribution in [0.2, 0.25) is 0 Å². The molecule has 1 heterocycles. The van der Waals surface area contributed by atoms with E-state index in [-0.39, 0.29) is 4.47 Å². The first-order chi connectivity index (χ1) is 8.58. The third-order valence-corrected chi connectivity index (χ3v) is 3.41. The number of carbonyl (C=O) groups excluding carboxylic acids is 1. The van der Waals surface area contributed by atoms with E-state index in [2.05, 4.69) is 26.6 Å². The molecule has 1 saturated heterocycles. The van der Waals surface area contributed by atoms with Crippen molar-refractivity contribution in [2.45, 2.75) is 6.42 Å². The number of hydrogen-bond acceptors (Lipinski definition) is 2. The van der Waals surface area contributed by atoms with Gasteiger partial charge in [-0.2, -0.15) is 0 Å². The third kappa shape index (κ3) is 3.05. The highest BCUT2D eigenvalue weighted by Gasteiger charge is 2.20. The van der Waals surface area contributed by atoms with E-state index < -0.39 is 23.1 Å². The number of benzene rings is 1. The van der Waals surface area contributed by atoms with E-state index in [0.29, 0.717) is 12.5 Å². The highest BCUT2D eigenvalue weighted by Crippen LogP contribution is 2.19. The molecule has 98 valence electrons. The van der Waals surface area contributed by atoms with Crippen LogP contribution in [0.15, 0.2) is 16.6 Å². The largest absolute Gasteiger partial charge is 0.352 e. The van der Waals surface area contributed by atoms with E-state index in [4.69, 9.17) is 0 Å². The molecule has 0 saturated carbocycles. The van der Waals surface area contributed by atoms with Gasteiger partial charge in [0.2, 0.25) is 0 Å². The molecule has 1 aromatic rings. The van der Waals surface area contributed by atoms with Gasteiger partial charge in [-0.3, -0.25) is 4.79 Å². The molecule has 0 spiro atoms. The van der Waals surface area contributed by atoms with Crippen molar-refractivity contribution in [3.63, 3.8) is 0 Å². The number of carbonyl (C=O) groups is 1. The van der Waals surface area contributed by atoms with Gasteiger partial charge in [-0.05, 0) is 37.6 Å². The minimum Gasteiger partial charge on any atom is -0.352 e. The highest BCUT2D eigenvalue weighted by atomic mass is 79.9. The quantitative estimate of drug-likeness (QED) is 0.895. The summed E-state index contributed by atoms with van der Waals surface area (Å²) in [5.74, 6) is -2.09. The lowest BCUT2D eigenvalue weighted by atomic mass is 10.1. The number of rotatable bonds is 3. The molecule has 18 heavy (non-hydrogen) atoms. The van der Waals surface area contributed by atoms with Crippen molar-refractivity contribution in [2.24, 2.45) is 5.92 Å². The summed E-state index contributed by atoms with van der Waals surface area (Å²) in [6, 6.07) is 2.16. The third-order valence-electron chi connectivity index (χ3n) is 2.95. The summed E-state index contributed by atoms with van der Waals surface area (Å²) in [7, 11) is 0. The van der Waals surface area contributed by atoms with Gasteiger partial charge in [0.25, 0.3) is 5.91 Å². The molecule has 0 radical (unpaired) electrons. The van der Waals surface area contributed by atoms with Crippen LogP contribution in [0, 0.1) is 17.6 Å². The molecule has 1 atom stereocenters. The molecule has 1 aliphatic heterocycles. The van der Waals surface area contributed by atoms with E-state index in [1.54, 1.807) is 0 Å². The van der Waals surface area contributed by atoms with Crippen LogP contribution in [0.4, 0.5) is 8.78 Å². The summed E-state index contributed by atoms with van der Waals surface area (Å²) in [5.41, 5.74) is -0.524. The molecule has 2 rings (SSSR count). The molecule has 1 aliphatic rings. The van der Waals surface area contributed by atoms with Gasteiger partial charge in [0.15, 0.2) is 0 Å². The molecule has 0 aliphatic carbocycles. The van der Waals surface area contributed by atoms with E-state index >= 15 is 0 Å². The van der Waals surface area contributed by atoms with Gasteiger partial charge in [0, 0.05) is 11.0 Å². The first-order valence-corrected chi connectivity index (χ1v) is 6.50. The second-order valence-electron chi connectivity index (χ2n) is 4.31. The van der Waals surface area contributed by atoms with E-state index in [0.717, 1.165) is 31.6 Å². The Hall–Kier alpha value is -1.01. The van der Waals surface area contributed by atoms with Crippen LogP contribution in [0.5, 0.6) is 0 Å². The molecule has 1 amide bonds. The molecular formula is C12H13BrF2N2O. The standard InChI is InChI=1S/C12H13BrF2N2O/c13-8-3-9(14)11(10(15)4-8)12(18)17-6-7-1-2-16-5-7/h3-4,7,16H,1-2,5-6H2,(H,17,18). The zero-order valence-corrected chi connectivity index (χ0v) is 11.2. The lowest BCUT2D eigenvalue weighted by Crippen LogP contribution is -2.31. The van der Waals surface area contributed by atoms with Gasteiger partial charge in [-0.1, -0.05) is 15.9 Å². The van der Waals surface area contributed by atoms with Crippen molar-refractivity contribution in [3.05, 3.63) is 33.8 Å². The highest BCUT2D eigenvalue weighted by molar-refractivity contribution is 9.10. The van der Waals surface area contributed by atoms with Crippen LogP contribution in [-0.4, -0.2) is 25.5 Å². The lowest BCUT2D eigenvalue weighted by Gasteiger charge is -2.11. The average Bonchev–Trinajstić information content (AvgIpc) is 2.77. The number of amides is 1. The number of nitrogens with one attached hydrogen (secondary N) is 2. The maximum atomic E-state index is 13.5. The van der Waals surface area contributed by atoms with Gasteiger partial charge < -0.3 is 10.6 Å². The fourth-order valence-corrected chi connectivity index (χ4v) is 2.38. The molecule has 0 bridgehead atoms. The average molecular weight is 319 g/mol. The van der Waals surface area contributed by atoms with Crippen molar-refractivity contribution in [1.82, 2.24) is 10.6 Å². The van der Waals surface area contributed by atoms with Gasteiger partial charge >= 0.3 is 0 Å². The summed E-state index contributed by atoms with van der Waals surface area (Å²) < 4.78 is 27.3. The molecule has 1 fully saturated rings. The second kappa shape index (κ2) is 5.75. The Morgan fingerprint density at radius 2 is 2.11 bits per heavy atom. The van der Waals surface area contributed by atoms with Crippen LogP contribution in [0.3, 0.4) is 0 Å². The number of halogens is 3. The Morgan fingerprint density at radius 3 is 2.67 bits per heavy atom. The van der Waals surface area contributed by atoms with E-state index in [9.17, 15) is 13.6 Å². The minimum atomic E-state index is -0.857.